The van der Waals surface area contributed by atoms with Crippen LogP contribution in [-0.2, 0) is 16.1 Å². The van der Waals surface area contributed by atoms with Gasteiger partial charge in [0.25, 0.3) is 0 Å². The van der Waals surface area contributed by atoms with Crippen LogP contribution < -0.4 is 5.32 Å². The van der Waals surface area contributed by atoms with Crippen LogP contribution in [0.4, 0.5) is 0 Å². The van der Waals surface area contributed by atoms with Gasteiger partial charge in [0.15, 0.2) is 0 Å². The van der Waals surface area contributed by atoms with E-state index in [4.69, 9.17) is 0 Å². The molecule has 1 fully saturated rings. The number of hydrogen-bond donors (Lipinski definition) is 2. The fourth-order valence-electron chi connectivity index (χ4n) is 2.46. The van der Waals surface area contributed by atoms with Gasteiger partial charge in [-0.1, -0.05) is 25.5 Å². The van der Waals surface area contributed by atoms with Gasteiger partial charge in [-0.25, -0.2) is 0 Å². The van der Waals surface area contributed by atoms with Gasteiger partial charge in [0.1, 0.15) is 17.8 Å². The first-order valence-electron chi connectivity index (χ1n) is 6.91. The first-order valence-corrected chi connectivity index (χ1v) is 6.91. The van der Waals surface area contributed by atoms with E-state index < -0.39 is 12.1 Å². The number of benzene rings is 1. The Morgan fingerprint density at radius 1 is 1.25 bits per heavy atom. The molecule has 2 unspecified atom stereocenters. The Bertz CT molecular complexity index is 498. The van der Waals surface area contributed by atoms with Gasteiger partial charge in [-0.05, 0) is 31.0 Å². The molecule has 1 aromatic carbocycles. The second kappa shape index (κ2) is 5.94. The summed E-state index contributed by atoms with van der Waals surface area (Å²) in [6.07, 6.45) is 1.49. The molecule has 2 rings (SSSR count). The molecule has 1 heterocycles. The summed E-state index contributed by atoms with van der Waals surface area (Å²) in [5.41, 5.74) is 0.902. The highest BCUT2D eigenvalue weighted by molar-refractivity contribution is 5.96. The van der Waals surface area contributed by atoms with Crippen molar-refractivity contribution >= 4 is 11.8 Å². The van der Waals surface area contributed by atoms with Crippen molar-refractivity contribution in [2.45, 2.75) is 45.3 Å². The number of phenols is 1. The normalized spacial score (nSPS) is 22.8. The number of rotatable bonds is 4. The van der Waals surface area contributed by atoms with E-state index >= 15 is 0 Å². The van der Waals surface area contributed by atoms with Gasteiger partial charge in [-0.3, -0.25) is 9.59 Å². The van der Waals surface area contributed by atoms with Crippen molar-refractivity contribution in [1.29, 1.82) is 0 Å². The molecule has 0 aliphatic carbocycles. The number of piperazine rings is 1. The van der Waals surface area contributed by atoms with E-state index in [1.165, 1.54) is 0 Å². The molecule has 0 spiro atoms. The summed E-state index contributed by atoms with van der Waals surface area (Å²) < 4.78 is 0. The van der Waals surface area contributed by atoms with Crippen molar-refractivity contribution in [2.75, 3.05) is 0 Å². The molecule has 5 nitrogen and oxygen atoms in total. The van der Waals surface area contributed by atoms with E-state index in [2.05, 4.69) is 5.32 Å². The highest BCUT2D eigenvalue weighted by Crippen LogP contribution is 2.19. The molecular formula is C15H20N2O3. The lowest BCUT2D eigenvalue weighted by Crippen LogP contribution is -2.61. The van der Waals surface area contributed by atoms with Crippen molar-refractivity contribution in [1.82, 2.24) is 10.2 Å². The minimum Gasteiger partial charge on any atom is -0.508 e. The zero-order valence-corrected chi connectivity index (χ0v) is 11.8. The van der Waals surface area contributed by atoms with Crippen LogP contribution in [0.25, 0.3) is 0 Å². The molecule has 2 amide bonds. The average Bonchev–Trinajstić information content (AvgIpc) is 2.42. The highest BCUT2D eigenvalue weighted by Gasteiger charge is 2.37. The molecule has 2 N–H and O–H groups in total. The second-order valence-corrected chi connectivity index (χ2v) is 5.17. The number of nitrogens with one attached hydrogen (secondary N) is 1. The fourth-order valence-corrected chi connectivity index (χ4v) is 2.46. The van der Waals surface area contributed by atoms with Crippen LogP contribution in [0.3, 0.4) is 0 Å². The lowest BCUT2D eigenvalue weighted by Gasteiger charge is -2.38. The summed E-state index contributed by atoms with van der Waals surface area (Å²) in [6, 6.07) is 5.82. The highest BCUT2D eigenvalue weighted by atomic mass is 16.3. The van der Waals surface area contributed by atoms with Gasteiger partial charge in [0.2, 0.25) is 11.8 Å². The van der Waals surface area contributed by atoms with E-state index in [1.54, 1.807) is 36.1 Å². The predicted molar refractivity (Wildman–Crippen MR) is 75.0 cm³/mol. The lowest BCUT2D eigenvalue weighted by atomic mass is 10.0. The Hall–Kier alpha value is -2.04. The minimum absolute atomic E-state index is 0.0591. The maximum atomic E-state index is 12.3. The molecule has 0 radical (unpaired) electrons. The standard InChI is InChI=1S/C15H20N2O3/c1-3-4-13-14(19)16-10(2)15(20)17(13)9-11-5-7-12(18)8-6-11/h5-8,10,13,18H,3-4,9H2,1-2H3,(H,16,19). The van der Waals surface area contributed by atoms with Crippen LogP contribution in [0.5, 0.6) is 5.75 Å². The molecule has 0 saturated carbocycles. The molecule has 0 bridgehead atoms. The second-order valence-electron chi connectivity index (χ2n) is 5.17. The number of hydrogen-bond acceptors (Lipinski definition) is 3. The van der Waals surface area contributed by atoms with Gasteiger partial charge in [-0.15, -0.1) is 0 Å². The molecule has 1 saturated heterocycles. The van der Waals surface area contributed by atoms with Gasteiger partial charge in [0.05, 0.1) is 0 Å². The molecule has 5 heteroatoms. The number of carbonyl (C=O) groups is 2. The first-order chi connectivity index (χ1) is 9.52. The summed E-state index contributed by atoms with van der Waals surface area (Å²) in [6.45, 7) is 4.09. The largest absolute Gasteiger partial charge is 0.508 e. The summed E-state index contributed by atoms with van der Waals surface area (Å²) >= 11 is 0. The maximum absolute atomic E-state index is 12.3. The van der Waals surface area contributed by atoms with Crippen LogP contribution in [0, 0.1) is 0 Å². The maximum Gasteiger partial charge on any atom is 0.245 e. The van der Waals surface area contributed by atoms with Crippen LogP contribution in [-0.4, -0.2) is 33.9 Å². The number of amides is 2. The zero-order valence-electron chi connectivity index (χ0n) is 11.8. The zero-order chi connectivity index (χ0) is 14.7. The Kier molecular flexibility index (Phi) is 4.27. The van der Waals surface area contributed by atoms with Crippen molar-refractivity contribution in [3.8, 4) is 5.75 Å². The molecule has 108 valence electrons. The summed E-state index contributed by atoms with van der Waals surface area (Å²) in [4.78, 5) is 26.0. The molecule has 1 aromatic rings. The first kappa shape index (κ1) is 14.4. The van der Waals surface area contributed by atoms with Gasteiger partial charge in [-0.2, -0.15) is 0 Å². The number of aromatic hydroxyl groups is 1. The molecule has 1 aliphatic heterocycles. The van der Waals surface area contributed by atoms with E-state index in [9.17, 15) is 14.7 Å². The van der Waals surface area contributed by atoms with Crippen LogP contribution >= 0.6 is 0 Å². The SMILES string of the molecule is CCCC1C(=O)NC(C)C(=O)N1Cc1ccc(O)cc1. The van der Waals surface area contributed by atoms with Crippen LogP contribution in [0.2, 0.25) is 0 Å². The molecule has 0 aromatic heterocycles. The summed E-state index contributed by atoms with van der Waals surface area (Å²) in [5, 5.41) is 12.0. The molecule has 20 heavy (non-hydrogen) atoms. The van der Waals surface area contributed by atoms with Crippen molar-refractivity contribution in [2.24, 2.45) is 0 Å². The number of nitrogens with zero attached hydrogens (tertiary/aromatic N) is 1. The van der Waals surface area contributed by atoms with Crippen molar-refractivity contribution in [3.63, 3.8) is 0 Å². The summed E-state index contributed by atoms with van der Waals surface area (Å²) in [5.74, 6) is 0.0452. The average molecular weight is 276 g/mol. The van der Waals surface area contributed by atoms with Crippen LogP contribution in [0.15, 0.2) is 24.3 Å². The Morgan fingerprint density at radius 3 is 2.50 bits per heavy atom. The molecule has 2 atom stereocenters. The third-order valence-corrected chi connectivity index (χ3v) is 3.54. The van der Waals surface area contributed by atoms with Gasteiger partial charge in [0, 0.05) is 6.54 Å². The smallest absolute Gasteiger partial charge is 0.245 e. The molecule has 1 aliphatic rings. The quantitative estimate of drug-likeness (QED) is 0.873. The summed E-state index contributed by atoms with van der Waals surface area (Å²) in [7, 11) is 0. The predicted octanol–water partition coefficient (Wildman–Crippen LogP) is 1.41. The van der Waals surface area contributed by atoms with E-state index in [1.807, 2.05) is 6.92 Å². The van der Waals surface area contributed by atoms with Crippen molar-refractivity contribution < 1.29 is 14.7 Å². The topological polar surface area (TPSA) is 69.6 Å². The van der Waals surface area contributed by atoms with E-state index in [-0.39, 0.29) is 17.6 Å². The Morgan fingerprint density at radius 2 is 1.90 bits per heavy atom. The molecular weight excluding hydrogens is 256 g/mol. The number of phenolic OH excluding ortho intramolecular Hbond substituents is 1. The Labute approximate surface area is 118 Å². The third-order valence-electron chi connectivity index (χ3n) is 3.54. The van der Waals surface area contributed by atoms with E-state index in [0.29, 0.717) is 13.0 Å². The van der Waals surface area contributed by atoms with Crippen LogP contribution in [0.1, 0.15) is 32.3 Å². The number of carbonyl (C=O) groups excluding carboxylic acids is 2. The minimum atomic E-state index is -0.479. The fraction of sp³-hybridized carbons (Fsp3) is 0.467. The Balaban J connectivity index is 2.21. The van der Waals surface area contributed by atoms with E-state index in [0.717, 1.165) is 12.0 Å². The van der Waals surface area contributed by atoms with Gasteiger partial charge >= 0.3 is 0 Å². The van der Waals surface area contributed by atoms with Crippen molar-refractivity contribution in [3.05, 3.63) is 29.8 Å². The third kappa shape index (κ3) is 2.92. The van der Waals surface area contributed by atoms with Gasteiger partial charge < -0.3 is 15.3 Å². The lowest BCUT2D eigenvalue weighted by molar-refractivity contribution is -0.149. The monoisotopic (exact) mass is 276 g/mol.